The van der Waals surface area contributed by atoms with Gasteiger partial charge in [0.2, 0.25) is 5.91 Å². The van der Waals surface area contributed by atoms with E-state index in [0.717, 1.165) is 0 Å². The molecule has 4 N–H and O–H groups in total. The molecule has 6 heteroatoms. The van der Waals surface area contributed by atoms with Crippen molar-refractivity contribution in [2.45, 2.75) is 18.9 Å². The van der Waals surface area contributed by atoms with Crippen LogP contribution in [0.25, 0.3) is 0 Å². The first-order valence-corrected chi connectivity index (χ1v) is 3.76. The van der Waals surface area contributed by atoms with Crippen LogP contribution in [0.2, 0.25) is 0 Å². The van der Waals surface area contributed by atoms with Crippen LogP contribution in [-0.4, -0.2) is 35.9 Å². The van der Waals surface area contributed by atoms with Gasteiger partial charge in [0.25, 0.3) is 0 Å². The molecule has 0 bridgehead atoms. The monoisotopic (exact) mass is 188 g/mol. The fraction of sp³-hybridized carbons (Fsp3) is 0.571. The summed E-state index contributed by atoms with van der Waals surface area (Å²) in [4.78, 5) is 31.1. The van der Waals surface area contributed by atoms with Crippen LogP contribution in [0.5, 0.6) is 0 Å². The second-order valence-electron chi connectivity index (χ2n) is 2.45. The van der Waals surface area contributed by atoms with Crippen molar-refractivity contribution in [3.63, 3.8) is 0 Å². The molecule has 0 fully saturated rings. The van der Waals surface area contributed by atoms with Gasteiger partial charge in [-0.3, -0.25) is 9.59 Å². The van der Waals surface area contributed by atoms with E-state index in [1.807, 2.05) is 0 Å². The molecule has 0 unspecified atom stereocenters. The lowest BCUT2D eigenvalue weighted by Gasteiger charge is -2.09. The van der Waals surface area contributed by atoms with Crippen molar-refractivity contribution in [3.8, 4) is 0 Å². The van der Waals surface area contributed by atoms with Crippen LogP contribution in [0, 0.1) is 0 Å². The average Bonchev–Trinajstić information content (AvgIpc) is 2.11. The molecule has 0 heterocycles. The number of aliphatic carboxylic acids is 1. The zero-order valence-electron chi connectivity index (χ0n) is 7.03. The molecule has 0 spiro atoms. The number of carbonyl (C=O) groups excluding carboxylic acids is 2. The van der Waals surface area contributed by atoms with Crippen LogP contribution >= 0.6 is 0 Å². The molecule has 6 nitrogen and oxygen atoms in total. The van der Waals surface area contributed by atoms with Gasteiger partial charge in [0.15, 0.2) is 0 Å². The molecule has 0 aromatic heterocycles. The summed E-state index contributed by atoms with van der Waals surface area (Å²) in [6.07, 6.45) is 0.426. The zero-order chi connectivity index (χ0) is 10.3. The summed E-state index contributed by atoms with van der Waals surface area (Å²) in [5.41, 5.74) is 4.99. The number of nitrogens with one attached hydrogen (secondary N) is 1. The second kappa shape index (κ2) is 6.13. The van der Waals surface area contributed by atoms with Gasteiger partial charge in [-0.25, -0.2) is 0 Å². The SMILES string of the molecule is NCC(=O)N[C@@H](C=O)CCC(=O)O. The van der Waals surface area contributed by atoms with E-state index in [2.05, 4.69) is 5.32 Å². The standard InChI is InChI=1S/C7H12N2O4/c8-3-6(11)9-5(4-10)1-2-7(12)13/h4-5H,1-3,8H2,(H,9,11)(H,12,13)/t5-/m1/s1. The Labute approximate surface area is 75.1 Å². The quantitative estimate of drug-likeness (QED) is 0.439. The predicted octanol–water partition coefficient (Wildman–Crippen LogP) is -1.51. The Morgan fingerprint density at radius 3 is 2.54 bits per heavy atom. The Balaban J connectivity index is 3.82. The van der Waals surface area contributed by atoms with Crippen LogP contribution in [0.3, 0.4) is 0 Å². The lowest BCUT2D eigenvalue weighted by molar-refractivity contribution is -0.137. The Bertz CT molecular complexity index is 205. The van der Waals surface area contributed by atoms with Crippen molar-refractivity contribution in [1.82, 2.24) is 5.32 Å². The van der Waals surface area contributed by atoms with Crippen LogP contribution < -0.4 is 11.1 Å². The first kappa shape index (κ1) is 11.6. The van der Waals surface area contributed by atoms with E-state index in [1.165, 1.54) is 0 Å². The minimum Gasteiger partial charge on any atom is -0.481 e. The fourth-order valence-electron chi connectivity index (χ4n) is 0.719. The van der Waals surface area contributed by atoms with Crippen LogP contribution in [0.15, 0.2) is 0 Å². The smallest absolute Gasteiger partial charge is 0.303 e. The van der Waals surface area contributed by atoms with E-state index in [-0.39, 0.29) is 19.4 Å². The van der Waals surface area contributed by atoms with Crippen molar-refractivity contribution in [2.75, 3.05) is 6.54 Å². The number of carbonyl (C=O) groups is 3. The lowest BCUT2D eigenvalue weighted by atomic mass is 10.2. The molecule has 0 aromatic carbocycles. The molecular formula is C7H12N2O4. The molecule has 0 aliphatic heterocycles. The number of carboxylic acid groups (broad SMARTS) is 1. The van der Waals surface area contributed by atoms with Crippen molar-refractivity contribution < 1.29 is 19.5 Å². The van der Waals surface area contributed by atoms with Crippen LogP contribution in [0.4, 0.5) is 0 Å². The second-order valence-corrected chi connectivity index (χ2v) is 2.45. The number of amides is 1. The molecule has 1 atom stereocenters. The lowest BCUT2D eigenvalue weighted by Crippen LogP contribution is -2.39. The van der Waals surface area contributed by atoms with Gasteiger partial charge in [-0.15, -0.1) is 0 Å². The maximum atomic E-state index is 10.7. The van der Waals surface area contributed by atoms with Gasteiger partial charge >= 0.3 is 5.97 Å². The van der Waals surface area contributed by atoms with E-state index >= 15 is 0 Å². The van der Waals surface area contributed by atoms with Crippen molar-refractivity contribution >= 4 is 18.2 Å². The third kappa shape index (κ3) is 5.80. The summed E-state index contributed by atoms with van der Waals surface area (Å²) in [5, 5.41) is 10.6. The van der Waals surface area contributed by atoms with Gasteiger partial charge in [-0.1, -0.05) is 0 Å². The van der Waals surface area contributed by atoms with E-state index in [1.54, 1.807) is 0 Å². The molecule has 0 rings (SSSR count). The van der Waals surface area contributed by atoms with Crippen molar-refractivity contribution in [2.24, 2.45) is 5.73 Å². The number of nitrogens with two attached hydrogens (primary N) is 1. The molecule has 0 saturated carbocycles. The number of hydrogen-bond donors (Lipinski definition) is 3. The Morgan fingerprint density at radius 2 is 2.15 bits per heavy atom. The van der Waals surface area contributed by atoms with E-state index in [0.29, 0.717) is 6.29 Å². The number of rotatable bonds is 6. The molecule has 0 aliphatic carbocycles. The normalized spacial score (nSPS) is 11.8. The van der Waals surface area contributed by atoms with E-state index in [4.69, 9.17) is 10.8 Å². The van der Waals surface area contributed by atoms with Gasteiger partial charge in [0, 0.05) is 6.42 Å². The predicted molar refractivity (Wildman–Crippen MR) is 43.9 cm³/mol. The Morgan fingerprint density at radius 1 is 1.54 bits per heavy atom. The minimum absolute atomic E-state index is 0.0879. The van der Waals surface area contributed by atoms with Crippen molar-refractivity contribution in [1.29, 1.82) is 0 Å². The highest BCUT2D eigenvalue weighted by Crippen LogP contribution is 1.94. The summed E-state index contributed by atoms with van der Waals surface area (Å²) in [6.45, 7) is -0.211. The fourth-order valence-corrected chi connectivity index (χ4v) is 0.719. The van der Waals surface area contributed by atoms with Crippen LogP contribution in [-0.2, 0) is 14.4 Å². The molecule has 0 saturated heterocycles. The molecule has 74 valence electrons. The van der Waals surface area contributed by atoms with E-state index < -0.39 is 17.9 Å². The van der Waals surface area contributed by atoms with Crippen molar-refractivity contribution in [3.05, 3.63) is 0 Å². The number of carboxylic acids is 1. The molecule has 0 aliphatic rings. The molecular weight excluding hydrogens is 176 g/mol. The Kier molecular flexibility index (Phi) is 5.45. The summed E-state index contributed by atoms with van der Waals surface area (Å²) in [6, 6.07) is -0.757. The zero-order valence-corrected chi connectivity index (χ0v) is 7.03. The molecule has 13 heavy (non-hydrogen) atoms. The number of aldehydes is 1. The minimum atomic E-state index is -1.01. The maximum Gasteiger partial charge on any atom is 0.303 e. The van der Waals surface area contributed by atoms with Gasteiger partial charge in [0.1, 0.15) is 6.29 Å². The third-order valence-electron chi connectivity index (χ3n) is 1.37. The first-order chi connectivity index (χ1) is 6.10. The molecule has 0 radical (unpaired) electrons. The maximum absolute atomic E-state index is 10.7. The Hall–Kier alpha value is -1.43. The molecule has 1 amide bonds. The van der Waals surface area contributed by atoms with Crippen LogP contribution in [0.1, 0.15) is 12.8 Å². The largest absolute Gasteiger partial charge is 0.481 e. The van der Waals surface area contributed by atoms with Gasteiger partial charge in [0.05, 0.1) is 12.6 Å². The first-order valence-electron chi connectivity index (χ1n) is 3.76. The van der Waals surface area contributed by atoms with Gasteiger partial charge in [-0.2, -0.15) is 0 Å². The topological polar surface area (TPSA) is 109 Å². The average molecular weight is 188 g/mol. The summed E-state index contributed by atoms with van der Waals surface area (Å²) < 4.78 is 0. The van der Waals surface area contributed by atoms with E-state index in [9.17, 15) is 14.4 Å². The summed E-state index contributed by atoms with van der Waals surface area (Å²) in [5.74, 6) is -1.48. The summed E-state index contributed by atoms with van der Waals surface area (Å²) >= 11 is 0. The highest BCUT2D eigenvalue weighted by atomic mass is 16.4. The number of hydrogen-bond acceptors (Lipinski definition) is 4. The highest BCUT2D eigenvalue weighted by Gasteiger charge is 2.11. The van der Waals surface area contributed by atoms with Gasteiger partial charge < -0.3 is 21.0 Å². The summed E-state index contributed by atoms with van der Waals surface area (Å²) in [7, 11) is 0. The third-order valence-corrected chi connectivity index (χ3v) is 1.37. The van der Waals surface area contributed by atoms with Gasteiger partial charge in [-0.05, 0) is 6.42 Å². The molecule has 0 aromatic rings. The highest BCUT2D eigenvalue weighted by molar-refractivity contribution is 5.81.